The van der Waals surface area contributed by atoms with Crippen LogP contribution in [0.15, 0.2) is 6.07 Å². The first-order valence-electron chi connectivity index (χ1n) is 6.58. The van der Waals surface area contributed by atoms with Gasteiger partial charge in [-0.25, -0.2) is 0 Å². The molecule has 0 radical (unpaired) electrons. The molecule has 0 spiro atoms. The summed E-state index contributed by atoms with van der Waals surface area (Å²) in [5.74, 6) is 0. The van der Waals surface area contributed by atoms with Gasteiger partial charge in [-0.3, -0.25) is 0 Å². The van der Waals surface area contributed by atoms with Crippen LogP contribution in [0, 0.1) is 13.8 Å². The zero-order chi connectivity index (χ0) is 12.8. The van der Waals surface area contributed by atoms with Crippen LogP contribution in [0.3, 0.4) is 0 Å². The third-order valence-corrected chi connectivity index (χ3v) is 3.19. The molecule has 3 nitrogen and oxygen atoms in total. The van der Waals surface area contributed by atoms with E-state index in [4.69, 9.17) is 4.74 Å². The second-order valence-electron chi connectivity index (χ2n) is 4.54. The van der Waals surface area contributed by atoms with Gasteiger partial charge in [0.15, 0.2) is 0 Å². The monoisotopic (exact) mass is 238 g/mol. The Morgan fingerprint density at radius 2 is 2.06 bits per heavy atom. The predicted molar refractivity (Wildman–Crippen MR) is 72.4 cm³/mol. The van der Waals surface area contributed by atoms with Crippen molar-refractivity contribution in [2.45, 2.75) is 53.8 Å². The smallest absolute Gasteiger partial charge is 0.0671 e. The fourth-order valence-electron chi connectivity index (χ4n) is 2.29. The molecule has 17 heavy (non-hydrogen) atoms. The van der Waals surface area contributed by atoms with E-state index in [-0.39, 0.29) is 6.10 Å². The zero-order valence-corrected chi connectivity index (χ0v) is 11.8. The van der Waals surface area contributed by atoms with E-state index in [0.29, 0.717) is 0 Å². The van der Waals surface area contributed by atoms with Crippen LogP contribution < -0.4 is 5.32 Å². The largest absolute Gasteiger partial charge is 0.377 e. The molecule has 98 valence electrons. The Kier molecular flexibility index (Phi) is 5.72. The summed E-state index contributed by atoms with van der Waals surface area (Å²) in [6.45, 7) is 14.4. The van der Waals surface area contributed by atoms with Crippen LogP contribution in [-0.2, 0) is 17.8 Å². The molecule has 1 N–H and O–H groups in total. The number of aromatic nitrogens is 1. The van der Waals surface area contributed by atoms with E-state index < -0.39 is 0 Å². The molecule has 0 aromatic carbocycles. The van der Waals surface area contributed by atoms with Crippen molar-refractivity contribution >= 4 is 0 Å². The lowest BCUT2D eigenvalue weighted by Crippen LogP contribution is -2.26. The van der Waals surface area contributed by atoms with Crippen molar-refractivity contribution in [3.8, 4) is 0 Å². The van der Waals surface area contributed by atoms with Crippen molar-refractivity contribution in [3.05, 3.63) is 23.0 Å². The molecule has 0 saturated heterocycles. The maximum atomic E-state index is 5.49. The Morgan fingerprint density at radius 1 is 1.35 bits per heavy atom. The highest BCUT2D eigenvalue weighted by molar-refractivity contribution is 5.26. The minimum atomic E-state index is 0.287. The highest BCUT2D eigenvalue weighted by atomic mass is 16.5. The summed E-state index contributed by atoms with van der Waals surface area (Å²) in [4.78, 5) is 0. The normalized spacial score (nSPS) is 13.0. The Labute approximate surface area is 105 Å². The van der Waals surface area contributed by atoms with Crippen LogP contribution in [0.1, 0.15) is 37.7 Å². The van der Waals surface area contributed by atoms with E-state index in [1.165, 1.54) is 17.0 Å². The molecule has 0 aliphatic carbocycles. The summed E-state index contributed by atoms with van der Waals surface area (Å²) in [6, 6.07) is 2.27. The Morgan fingerprint density at radius 3 is 2.59 bits per heavy atom. The first kappa shape index (κ1) is 14.3. The van der Waals surface area contributed by atoms with Gasteiger partial charge >= 0.3 is 0 Å². The van der Waals surface area contributed by atoms with Crippen LogP contribution in [-0.4, -0.2) is 23.8 Å². The maximum Gasteiger partial charge on any atom is 0.0671 e. The lowest BCUT2D eigenvalue weighted by Gasteiger charge is -2.12. The van der Waals surface area contributed by atoms with Crippen LogP contribution in [0.2, 0.25) is 0 Å². The second-order valence-corrected chi connectivity index (χ2v) is 4.54. The van der Waals surface area contributed by atoms with E-state index in [0.717, 1.165) is 26.2 Å². The molecule has 0 saturated carbocycles. The van der Waals surface area contributed by atoms with Crippen LogP contribution >= 0.6 is 0 Å². The van der Waals surface area contributed by atoms with E-state index in [2.05, 4.69) is 43.6 Å². The van der Waals surface area contributed by atoms with Gasteiger partial charge in [0.25, 0.3) is 0 Å². The number of hydrogen-bond acceptors (Lipinski definition) is 2. The molecule has 0 fully saturated rings. The molecule has 0 bridgehead atoms. The molecule has 0 amide bonds. The van der Waals surface area contributed by atoms with Crippen molar-refractivity contribution < 1.29 is 4.74 Å². The van der Waals surface area contributed by atoms with E-state index in [1.807, 2.05) is 6.92 Å². The van der Waals surface area contributed by atoms with E-state index in [1.54, 1.807) is 0 Å². The number of aryl methyl sites for hydroxylation is 1. The van der Waals surface area contributed by atoms with Gasteiger partial charge in [0.1, 0.15) is 0 Å². The van der Waals surface area contributed by atoms with Crippen molar-refractivity contribution in [2.75, 3.05) is 13.2 Å². The fraction of sp³-hybridized carbons (Fsp3) is 0.714. The first-order chi connectivity index (χ1) is 8.10. The summed E-state index contributed by atoms with van der Waals surface area (Å²) < 4.78 is 7.84. The highest BCUT2D eigenvalue weighted by Crippen LogP contribution is 2.14. The zero-order valence-electron chi connectivity index (χ0n) is 11.8. The average molecular weight is 238 g/mol. The SMILES string of the molecule is CCOC(C)CNCc1cc(C)n(CC)c1C. The number of nitrogens with one attached hydrogen (secondary N) is 1. The summed E-state index contributed by atoms with van der Waals surface area (Å²) >= 11 is 0. The van der Waals surface area contributed by atoms with Crippen molar-refractivity contribution in [1.82, 2.24) is 9.88 Å². The molecule has 1 aromatic rings. The van der Waals surface area contributed by atoms with Gasteiger partial charge in [0, 0.05) is 37.6 Å². The Hall–Kier alpha value is -0.800. The number of ether oxygens (including phenoxy) is 1. The number of nitrogens with zero attached hydrogens (tertiary/aromatic N) is 1. The summed E-state index contributed by atoms with van der Waals surface area (Å²) in [6.07, 6.45) is 0.287. The van der Waals surface area contributed by atoms with Crippen LogP contribution in [0.4, 0.5) is 0 Å². The van der Waals surface area contributed by atoms with Gasteiger partial charge in [-0.15, -0.1) is 0 Å². The van der Waals surface area contributed by atoms with Crippen LogP contribution in [0.25, 0.3) is 0 Å². The fourth-order valence-corrected chi connectivity index (χ4v) is 2.29. The number of hydrogen-bond donors (Lipinski definition) is 1. The molecule has 3 heteroatoms. The second kappa shape index (κ2) is 6.82. The van der Waals surface area contributed by atoms with Gasteiger partial charge in [0.2, 0.25) is 0 Å². The van der Waals surface area contributed by atoms with Crippen LogP contribution in [0.5, 0.6) is 0 Å². The average Bonchev–Trinajstić information content (AvgIpc) is 2.54. The van der Waals surface area contributed by atoms with Gasteiger partial charge < -0.3 is 14.6 Å². The van der Waals surface area contributed by atoms with Crippen molar-refractivity contribution in [3.63, 3.8) is 0 Å². The molecular formula is C14H26N2O. The van der Waals surface area contributed by atoms with Gasteiger partial charge in [-0.1, -0.05) is 0 Å². The summed E-state index contributed by atoms with van der Waals surface area (Å²) in [5, 5.41) is 3.45. The Bertz CT molecular complexity index is 344. The molecule has 0 aliphatic heterocycles. The minimum Gasteiger partial charge on any atom is -0.377 e. The third kappa shape index (κ3) is 3.86. The van der Waals surface area contributed by atoms with Gasteiger partial charge in [0.05, 0.1) is 6.10 Å². The summed E-state index contributed by atoms with van der Waals surface area (Å²) in [7, 11) is 0. The molecule has 1 heterocycles. The molecule has 1 unspecified atom stereocenters. The predicted octanol–water partition coefficient (Wildman–Crippen LogP) is 2.64. The third-order valence-electron chi connectivity index (χ3n) is 3.19. The van der Waals surface area contributed by atoms with Gasteiger partial charge in [-0.2, -0.15) is 0 Å². The van der Waals surface area contributed by atoms with E-state index >= 15 is 0 Å². The topological polar surface area (TPSA) is 26.2 Å². The first-order valence-corrected chi connectivity index (χ1v) is 6.58. The van der Waals surface area contributed by atoms with Crippen molar-refractivity contribution in [2.24, 2.45) is 0 Å². The Balaban J connectivity index is 2.47. The molecule has 1 aromatic heterocycles. The maximum absolute atomic E-state index is 5.49. The lowest BCUT2D eigenvalue weighted by molar-refractivity contribution is 0.0759. The number of rotatable bonds is 7. The molecule has 1 atom stereocenters. The summed E-state index contributed by atoms with van der Waals surface area (Å²) in [5.41, 5.74) is 4.12. The molecule has 1 rings (SSSR count). The van der Waals surface area contributed by atoms with E-state index in [9.17, 15) is 0 Å². The lowest BCUT2D eigenvalue weighted by atomic mass is 10.2. The highest BCUT2D eigenvalue weighted by Gasteiger charge is 2.07. The molecular weight excluding hydrogens is 212 g/mol. The van der Waals surface area contributed by atoms with Crippen molar-refractivity contribution in [1.29, 1.82) is 0 Å². The van der Waals surface area contributed by atoms with Gasteiger partial charge in [-0.05, 0) is 46.2 Å². The molecule has 0 aliphatic rings. The standard InChI is InChI=1S/C14H26N2O/c1-6-16-11(3)8-14(13(16)5)10-15-9-12(4)17-7-2/h8,12,15H,6-7,9-10H2,1-5H3. The quantitative estimate of drug-likeness (QED) is 0.790. The minimum absolute atomic E-state index is 0.287.